The lowest BCUT2D eigenvalue weighted by molar-refractivity contribution is -0.122. The quantitative estimate of drug-likeness (QED) is 0.620. The number of ether oxygens (including phenoxy) is 1. The third-order valence-corrected chi connectivity index (χ3v) is 4.14. The maximum absolute atomic E-state index is 12.3. The number of anilines is 3. The largest absolute Gasteiger partial charge is 0.481 e. The van der Waals surface area contributed by atoms with Crippen molar-refractivity contribution < 1.29 is 9.53 Å². The highest BCUT2D eigenvalue weighted by atomic mass is 35.5. The van der Waals surface area contributed by atoms with Gasteiger partial charge in [0, 0.05) is 27.8 Å². The van der Waals surface area contributed by atoms with Gasteiger partial charge in [-0.15, -0.1) is 0 Å². The minimum atomic E-state index is -0.650. The Kier molecular flexibility index (Phi) is 6.11. The fourth-order valence-corrected chi connectivity index (χ4v) is 2.69. The zero-order valence-electron chi connectivity index (χ0n) is 15.9. The molecule has 1 unspecified atom stereocenters. The van der Waals surface area contributed by atoms with Crippen LogP contribution in [0.5, 0.6) is 5.75 Å². The van der Waals surface area contributed by atoms with E-state index in [-0.39, 0.29) is 5.91 Å². The standard InChI is InChI=1S/C21H21ClN4O2/c1-13-12-14(2)24-21(23-13)26-18-8-6-17(7-9-18)25-20(27)15(3)28-19-10-4-16(22)5-11-19/h4-12,15H,1-3H3,(H,25,27)(H,23,24,26). The van der Waals surface area contributed by atoms with Gasteiger partial charge >= 0.3 is 0 Å². The molecule has 0 radical (unpaired) electrons. The summed E-state index contributed by atoms with van der Waals surface area (Å²) in [6.07, 6.45) is -0.650. The molecule has 6 nitrogen and oxygen atoms in total. The van der Waals surface area contributed by atoms with E-state index in [1.54, 1.807) is 43.3 Å². The smallest absolute Gasteiger partial charge is 0.265 e. The number of nitrogens with one attached hydrogen (secondary N) is 2. The van der Waals surface area contributed by atoms with Crippen LogP contribution in [-0.2, 0) is 4.79 Å². The SMILES string of the molecule is Cc1cc(C)nc(Nc2ccc(NC(=O)C(C)Oc3ccc(Cl)cc3)cc2)n1. The molecule has 0 saturated heterocycles. The first-order chi connectivity index (χ1) is 13.4. The van der Waals surface area contributed by atoms with Gasteiger partial charge < -0.3 is 15.4 Å². The Morgan fingerprint density at radius 3 is 2.14 bits per heavy atom. The number of halogens is 1. The molecule has 1 atom stereocenters. The highest BCUT2D eigenvalue weighted by Crippen LogP contribution is 2.19. The van der Waals surface area contributed by atoms with Gasteiger partial charge in [0.25, 0.3) is 5.91 Å². The number of rotatable bonds is 6. The highest BCUT2D eigenvalue weighted by molar-refractivity contribution is 6.30. The van der Waals surface area contributed by atoms with Crippen LogP contribution < -0.4 is 15.4 Å². The molecule has 28 heavy (non-hydrogen) atoms. The molecule has 0 saturated carbocycles. The van der Waals surface area contributed by atoms with Crippen LogP contribution in [-0.4, -0.2) is 22.0 Å². The van der Waals surface area contributed by atoms with E-state index in [9.17, 15) is 4.79 Å². The van der Waals surface area contributed by atoms with Gasteiger partial charge in [-0.05, 0) is 75.4 Å². The monoisotopic (exact) mass is 396 g/mol. The van der Waals surface area contributed by atoms with Gasteiger partial charge in [-0.25, -0.2) is 9.97 Å². The molecule has 3 aromatic rings. The summed E-state index contributed by atoms with van der Waals surface area (Å²) in [6.45, 7) is 5.54. The number of benzene rings is 2. The summed E-state index contributed by atoms with van der Waals surface area (Å²) in [5.41, 5.74) is 3.29. The van der Waals surface area contributed by atoms with Gasteiger partial charge in [0.05, 0.1) is 0 Å². The Labute approximate surface area is 168 Å². The van der Waals surface area contributed by atoms with Crippen LogP contribution in [0, 0.1) is 13.8 Å². The summed E-state index contributed by atoms with van der Waals surface area (Å²) in [7, 11) is 0. The number of hydrogen-bond acceptors (Lipinski definition) is 5. The molecule has 144 valence electrons. The van der Waals surface area contributed by atoms with Gasteiger partial charge in [-0.3, -0.25) is 4.79 Å². The van der Waals surface area contributed by atoms with E-state index in [0.717, 1.165) is 17.1 Å². The molecular formula is C21H21ClN4O2. The number of hydrogen-bond donors (Lipinski definition) is 2. The zero-order valence-corrected chi connectivity index (χ0v) is 16.6. The third kappa shape index (κ3) is 5.44. The predicted molar refractivity (Wildman–Crippen MR) is 111 cm³/mol. The molecule has 0 spiro atoms. The topological polar surface area (TPSA) is 76.1 Å². The van der Waals surface area contributed by atoms with Gasteiger partial charge in [0.15, 0.2) is 6.10 Å². The van der Waals surface area contributed by atoms with E-state index in [1.165, 1.54) is 0 Å². The van der Waals surface area contributed by atoms with Crippen LogP contribution in [0.15, 0.2) is 54.6 Å². The van der Waals surface area contributed by atoms with Crippen molar-refractivity contribution in [2.45, 2.75) is 26.9 Å². The van der Waals surface area contributed by atoms with E-state index < -0.39 is 6.10 Å². The van der Waals surface area contributed by atoms with E-state index in [2.05, 4.69) is 20.6 Å². The average molecular weight is 397 g/mol. The van der Waals surface area contributed by atoms with Crippen LogP contribution in [0.2, 0.25) is 5.02 Å². The maximum atomic E-state index is 12.3. The summed E-state index contributed by atoms with van der Waals surface area (Å²) < 4.78 is 5.63. The van der Waals surface area contributed by atoms with Crippen molar-refractivity contribution >= 4 is 34.8 Å². The van der Waals surface area contributed by atoms with Crippen LogP contribution in [0.25, 0.3) is 0 Å². The van der Waals surface area contributed by atoms with E-state index >= 15 is 0 Å². The van der Waals surface area contributed by atoms with Crippen molar-refractivity contribution in [1.29, 1.82) is 0 Å². The second-order valence-corrected chi connectivity index (χ2v) is 6.82. The van der Waals surface area contributed by atoms with Gasteiger partial charge in [-0.1, -0.05) is 11.6 Å². The lowest BCUT2D eigenvalue weighted by Crippen LogP contribution is -2.30. The normalized spacial score (nSPS) is 11.6. The molecular weight excluding hydrogens is 376 g/mol. The summed E-state index contributed by atoms with van der Waals surface area (Å²) in [4.78, 5) is 21.0. The number of nitrogens with zero attached hydrogens (tertiary/aromatic N) is 2. The Morgan fingerprint density at radius 1 is 0.964 bits per heavy atom. The minimum absolute atomic E-state index is 0.242. The lowest BCUT2D eigenvalue weighted by Gasteiger charge is -2.15. The first-order valence-electron chi connectivity index (χ1n) is 8.81. The predicted octanol–water partition coefficient (Wildman–Crippen LogP) is 4.90. The summed E-state index contributed by atoms with van der Waals surface area (Å²) in [6, 6.07) is 16.1. The van der Waals surface area contributed by atoms with Gasteiger partial charge in [-0.2, -0.15) is 0 Å². The van der Waals surface area contributed by atoms with Crippen LogP contribution >= 0.6 is 11.6 Å². The molecule has 2 aromatic carbocycles. The molecule has 0 fully saturated rings. The van der Waals surface area contributed by atoms with Crippen LogP contribution in [0.4, 0.5) is 17.3 Å². The fraction of sp³-hybridized carbons (Fsp3) is 0.190. The third-order valence-electron chi connectivity index (χ3n) is 3.89. The van der Waals surface area contributed by atoms with Crippen molar-refractivity contribution in [3.05, 3.63) is 71.0 Å². The second-order valence-electron chi connectivity index (χ2n) is 6.38. The minimum Gasteiger partial charge on any atom is -0.481 e. The van der Waals surface area contributed by atoms with Crippen molar-refractivity contribution in [3.63, 3.8) is 0 Å². The van der Waals surface area contributed by atoms with Gasteiger partial charge in [0.1, 0.15) is 5.75 Å². The van der Waals surface area contributed by atoms with Crippen LogP contribution in [0.3, 0.4) is 0 Å². The van der Waals surface area contributed by atoms with E-state index in [4.69, 9.17) is 16.3 Å². The second kappa shape index (κ2) is 8.71. The summed E-state index contributed by atoms with van der Waals surface area (Å²) >= 11 is 5.85. The Morgan fingerprint density at radius 2 is 1.54 bits per heavy atom. The van der Waals surface area contributed by atoms with Crippen molar-refractivity contribution in [2.24, 2.45) is 0 Å². The summed E-state index contributed by atoms with van der Waals surface area (Å²) in [5, 5.41) is 6.60. The number of amides is 1. The zero-order chi connectivity index (χ0) is 20.1. The van der Waals surface area contributed by atoms with Crippen molar-refractivity contribution in [3.8, 4) is 5.75 Å². The van der Waals surface area contributed by atoms with Crippen LogP contribution in [0.1, 0.15) is 18.3 Å². The van der Waals surface area contributed by atoms with Gasteiger partial charge in [0.2, 0.25) is 5.95 Å². The number of aryl methyl sites for hydroxylation is 2. The molecule has 0 aliphatic rings. The molecule has 1 amide bonds. The molecule has 7 heteroatoms. The molecule has 0 aliphatic heterocycles. The number of carbonyl (C=O) groups is 1. The number of aromatic nitrogens is 2. The number of carbonyl (C=O) groups excluding carboxylic acids is 1. The Hall–Kier alpha value is -3.12. The average Bonchev–Trinajstić information content (AvgIpc) is 2.64. The first-order valence-corrected chi connectivity index (χ1v) is 9.19. The van der Waals surface area contributed by atoms with Crippen molar-refractivity contribution in [2.75, 3.05) is 10.6 Å². The lowest BCUT2D eigenvalue weighted by atomic mass is 10.2. The molecule has 0 aliphatic carbocycles. The van der Waals surface area contributed by atoms with E-state index in [1.807, 2.05) is 32.0 Å². The Bertz CT molecular complexity index is 939. The molecule has 1 heterocycles. The highest BCUT2D eigenvalue weighted by Gasteiger charge is 2.15. The Balaban J connectivity index is 1.58. The fourth-order valence-electron chi connectivity index (χ4n) is 2.56. The van der Waals surface area contributed by atoms with E-state index in [0.29, 0.717) is 22.4 Å². The first kappa shape index (κ1) is 19.6. The summed E-state index contributed by atoms with van der Waals surface area (Å²) in [5.74, 6) is 0.882. The molecule has 0 bridgehead atoms. The maximum Gasteiger partial charge on any atom is 0.265 e. The molecule has 1 aromatic heterocycles. The van der Waals surface area contributed by atoms with Crippen molar-refractivity contribution in [1.82, 2.24) is 9.97 Å². The molecule has 2 N–H and O–H groups in total. The molecule has 3 rings (SSSR count).